The van der Waals surface area contributed by atoms with Crippen molar-refractivity contribution in [2.45, 2.75) is 0 Å². The minimum Gasteiger partial charge on any atom is -0.311 e. The summed E-state index contributed by atoms with van der Waals surface area (Å²) >= 11 is 0. The molecule has 0 N–H and O–H groups in total. The highest BCUT2D eigenvalue weighted by Crippen LogP contribution is 2.38. The number of para-hydroxylation sites is 2. The number of benzene rings is 5. The topological polar surface area (TPSA) is 39.5 Å². The number of nitrogens with zero attached hydrogens (tertiary/aromatic N) is 5. The molecule has 0 saturated carbocycles. The van der Waals surface area contributed by atoms with Gasteiger partial charge in [0.2, 0.25) is 0 Å². The Kier molecular flexibility index (Phi) is 5.19. The van der Waals surface area contributed by atoms with Crippen LogP contribution in [0.2, 0.25) is 0 Å². The molecular formula is C39H23N5. The molecular weight excluding hydrogens is 538 g/mol. The van der Waals surface area contributed by atoms with Crippen LogP contribution in [0.25, 0.3) is 82.3 Å². The zero-order chi connectivity index (χ0) is 29.2. The van der Waals surface area contributed by atoms with Crippen LogP contribution in [0.15, 0.2) is 140 Å². The van der Waals surface area contributed by atoms with Crippen molar-refractivity contribution in [2.24, 2.45) is 0 Å². The molecule has 9 aromatic rings. The maximum absolute atomic E-state index is 7.60. The van der Waals surface area contributed by atoms with E-state index >= 15 is 0 Å². The molecule has 0 bridgehead atoms. The first-order valence-electron chi connectivity index (χ1n) is 14.5. The Morgan fingerprint density at radius 1 is 0.568 bits per heavy atom. The van der Waals surface area contributed by atoms with E-state index in [1.807, 2.05) is 60.7 Å². The average molecular weight is 562 g/mol. The maximum atomic E-state index is 7.60. The van der Waals surface area contributed by atoms with Crippen LogP contribution in [0.5, 0.6) is 0 Å². The van der Waals surface area contributed by atoms with Gasteiger partial charge in [-0.2, -0.15) is 0 Å². The fourth-order valence-electron chi connectivity index (χ4n) is 6.52. The summed E-state index contributed by atoms with van der Waals surface area (Å²) in [4.78, 5) is 13.9. The van der Waals surface area contributed by atoms with Gasteiger partial charge in [-0.25, -0.2) is 14.8 Å². The van der Waals surface area contributed by atoms with E-state index in [4.69, 9.17) is 16.5 Å². The van der Waals surface area contributed by atoms with E-state index in [1.165, 1.54) is 0 Å². The van der Waals surface area contributed by atoms with E-state index < -0.39 is 0 Å². The third-order valence-electron chi connectivity index (χ3n) is 8.51. The molecule has 0 aliphatic heterocycles. The van der Waals surface area contributed by atoms with Crippen LogP contribution in [0.3, 0.4) is 0 Å². The van der Waals surface area contributed by atoms with Gasteiger partial charge in [0.15, 0.2) is 5.69 Å². The highest BCUT2D eigenvalue weighted by Gasteiger charge is 2.18. The van der Waals surface area contributed by atoms with Crippen molar-refractivity contribution in [2.75, 3.05) is 0 Å². The molecule has 44 heavy (non-hydrogen) atoms. The summed E-state index contributed by atoms with van der Waals surface area (Å²) in [7, 11) is 0. The summed E-state index contributed by atoms with van der Waals surface area (Å²) in [6.07, 6.45) is 2.06. The predicted octanol–water partition coefficient (Wildman–Crippen LogP) is 10.0. The van der Waals surface area contributed by atoms with Crippen molar-refractivity contribution in [1.29, 1.82) is 0 Å². The number of imidazole rings is 1. The van der Waals surface area contributed by atoms with E-state index in [1.54, 1.807) is 0 Å². The molecule has 5 nitrogen and oxygen atoms in total. The lowest BCUT2D eigenvalue weighted by molar-refractivity contribution is 1.18. The molecule has 0 spiro atoms. The van der Waals surface area contributed by atoms with E-state index in [0.29, 0.717) is 5.69 Å². The molecule has 0 radical (unpaired) electrons. The number of pyridine rings is 2. The Morgan fingerprint density at radius 2 is 1.39 bits per heavy atom. The molecule has 0 fully saturated rings. The quantitative estimate of drug-likeness (QED) is 0.201. The van der Waals surface area contributed by atoms with Gasteiger partial charge in [-0.1, -0.05) is 78.9 Å². The van der Waals surface area contributed by atoms with E-state index in [0.717, 1.165) is 77.5 Å². The van der Waals surface area contributed by atoms with E-state index in [9.17, 15) is 0 Å². The van der Waals surface area contributed by atoms with Crippen LogP contribution in [-0.4, -0.2) is 18.9 Å². The molecule has 4 aromatic heterocycles. The Balaban J connectivity index is 1.27. The standard InChI is InChI=1S/C39H23N5/c1-40-28-18-19-30-32-23-26(17-20-34(32)44(35(30)24-28)29-12-3-2-4-13-29)25-10-9-11-27(22-25)37-39-38(31-14-5-6-15-33(31)41-37)42-36-16-7-8-21-43(36)39/h2-24H. The van der Waals surface area contributed by atoms with Crippen LogP contribution in [0.1, 0.15) is 0 Å². The predicted molar refractivity (Wildman–Crippen MR) is 179 cm³/mol. The van der Waals surface area contributed by atoms with Crippen LogP contribution < -0.4 is 0 Å². The van der Waals surface area contributed by atoms with Gasteiger partial charge < -0.3 is 4.57 Å². The Bertz CT molecular complexity index is 2620. The van der Waals surface area contributed by atoms with Crippen molar-refractivity contribution in [3.8, 4) is 28.1 Å². The number of hydrogen-bond donors (Lipinski definition) is 0. The molecule has 0 aliphatic rings. The van der Waals surface area contributed by atoms with Gasteiger partial charge in [-0.15, -0.1) is 0 Å². The third kappa shape index (κ3) is 3.58. The van der Waals surface area contributed by atoms with Crippen molar-refractivity contribution in [1.82, 2.24) is 18.9 Å². The first kappa shape index (κ1) is 24.4. The summed E-state index contributed by atoms with van der Waals surface area (Å²) < 4.78 is 4.39. The van der Waals surface area contributed by atoms with Crippen LogP contribution >= 0.6 is 0 Å². The summed E-state index contributed by atoms with van der Waals surface area (Å²) in [5.74, 6) is 0. The Labute approximate surface area is 252 Å². The minimum absolute atomic E-state index is 0.631. The highest BCUT2D eigenvalue weighted by molar-refractivity contribution is 6.12. The second-order valence-electron chi connectivity index (χ2n) is 11.0. The van der Waals surface area contributed by atoms with E-state index in [2.05, 4.69) is 92.8 Å². The van der Waals surface area contributed by atoms with Gasteiger partial charge >= 0.3 is 0 Å². The van der Waals surface area contributed by atoms with Crippen molar-refractivity contribution in [3.63, 3.8) is 0 Å². The van der Waals surface area contributed by atoms with Crippen LogP contribution in [0.4, 0.5) is 5.69 Å². The molecule has 5 aromatic carbocycles. The number of rotatable bonds is 3. The van der Waals surface area contributed by atoms with Gasteiger partial charge in [-0.05, 0) is 65.7 Å². The lowest BCUT2D eigenvalue weighted by Gasteiger charge is -2.10. The summed E-state index contributed by atoms with van der Waals surface area (Å²) in [6, 6.07) is 45.9. The molecule has 0 aliphatic carbocycles. The largest absolute Gasteiger partial charge is 0.311 e. The lowest BCUT2D eigenvalue weighted by atomic mass is 9.99. The number of fused-ring (bicyclic) bond motifs is 8. The molecule has 9 rings (SSSR count). The summed E-state index contributed by atoms with van der Waals surface area (Å²) in [6.45, 7) is 7.60. The fourth-order valence-corrected chi connectivity index (χ4v) is 6.52. The highest BCUT2D eigenvalue weighted by atomic mass is 15.0. The molecule has 0 unspecified atom stereocenters. The lowest BCUT2D eigenvalue weighted by Crippen LogP contribution is -1.93. The number of aromatic nitrogens is 4. The molecule has 5 heteroatoms. The second-order valence-corrected chi connectivity index (χ2v) is 11.0. The van der Waals surface area contributed by atoms with Gasteiger partial charge in [0.05, 0.1) is 28.8 Å². The zero-order valence-corrected chi connectivity index (χ0v) is 23.5. The smallest absolute Gasteiger partial charge is 0.189 e. The monoisotopic (exact) mass is 561 g/mol. The van der Waals surface area contributed by atoms with Crippen molar-refractivity contribution < 1.29 is 0 Å². The molecule has 4 heterocycles. The van der Waals surface area contributed by atoms with Gasteiger partial charge in [0.25, 0.3) is 0 Å². The van der Waals surface area contributed by atoms with Crippen LogP contribution in [0, 0.1) is 6.57 Å². The normalized spacial score (nSPS) is 11.6. The second kappa shape index (κ2) is 9.38. The molecule has 0 saturated heterocycles. The average Bonchev–Trinajstić information content (AvgIpc) is 3.64. The zero-order valence-electron chi connectivity index (χ0n) is 23.5. The molecule has 204 valence electrons. The van der Waals surface area contributed by atoms with Gasteiger partial charge in [0.1, 0.15) is 11.2 Å². The SMILES string of the molecule is [C-]#[N+]c1ccc2c3cc(-c4cccc(-c5nc6ccccc6c6nc7ccccn7c56)c4)ccc3n(-c3ccccc3)c2c1. The summed E-state index contributed by atoms with van der Waals surface area (Å²) in [5, 5.41) is 3.32. The first-order valence-corrected chi connectivity index (χ1v) is 14.5. The Morgan fingerprint density at radius 3 is 2.30 bits per heavy atom. The number of hydrogen-bond acceptors (Lipinski definition) is 2. The molecule has 0 amide bonds. The van der Waals surface area contributed by atoms with E-state index in [-0.39, 0.29) is 0 Å². The van der Waals surface area contributed by atoms with Crippen molar-refractivity contribution in [3.05, 3.63) is 151 Å². The maximum Gasteiger partial charge on any atom is 0.189 e. The Hall–Kier alpha value is -6.25. The van der Waals surface area contributed by atoms with Crippen molar-refractivity contribution >= 4 is 55.1 Å². The fraction of sp³-hybridized carbons (Fsp3) is 0. The summed E-state index contributed by atoms with van der Waals surface area (Å²) in [5.41, 5.74) is 11.8. The first-order chi connectivity index (χ1) is 21.8. The molecule has 0 atom stereocenters. The van der Waals surface area contributed by atoms with Gasteiger partial charge in [-0.3, -0.25) is 4.40 Å². The third-order valence-corrected chi connectivity index (χ3v) is 8.51. The van der Waals surface area contributed by atoms with Crippen LogP contribution in [-0.2, 0) is 0 Å². The minimum atomic E-state index is 0.631. The van der Waals surface area contributed by atoms with Gasteiger partial charge in [0, 0.05) is 39.1 Å².